The van der Waals surface area contributed by atoms with E-state index in [1.54, 1.807) is 12.1 Å². The lowest BCUT2D eigenvalue weighted by molar-refractivity contribution is 0.307. The minimum Gasteiger partial charge on any atom is -0.504 e. The third kappa shape index (κ3) is 1.92. The van der Waals surface area contributed by atoms with Crippen LogP contribution in [0.2, 0.25) is 0 Å². The van der Waals surface area contributed by atoms with E-state index in [0.29, 0.717) is 0 Å². The summed E-state index contributed by atoms with van der Waals surface area (Å²) in [5.41, 5.74) is 0.741. The number of aromatic hydroxyl groups is 2. The molecule has 0 bridgehead atoms. The van der Waals surface area contributed by atoms with Gasteiger partial charge < -0.3 is 15.1 Å². The second kappa shape index (κ2) is 3.66. The number of para-hydroxylation sites is 1. The van der Waals surface area contributed by atoms with Crippen molar-refractivity contribution in [2.24, 2.45) is 0 Å². The lowest BCUT2D eigenvalue weighted by atomic mass is 10.1. The monoisotopic (exact) mass is 181 g/mol. The molecule has 1 aromatic carbocycles. The summed E-state index contributed by atoms with van der Waals surface area (Å²) in [6, 6.07) is 5.10. The first-order chi connectivity index (χ1) is 6.04. The molecule has 1 rings (SSSR count). The number of rotatable bonds is 2. The molecule has 3 heteroatoms. The summed E-state index contributed by atoms with van der Waals surface area (Å²) >= 11 is 0. The van der Waals surface area contributed by atoms with E-state index in [4.69, 9.17) is 0 Å². The second-order valence-electron chi connectivity index (χ2n) is 3.35. The average molecular weight is 181 g/mol. The molecule has 0 saturated carbocycles. The van der Waals surface area contributed by atoms with Crippen LogP contribution in [0.5, 0.6) is 11.5 Å². The molecule has 0 radical (unpaired) electrons. The van der Waals surface area contributed by atoms with Crippen LogP contribution < -0.4 is 0 Å². The van der Waals surface area contributed by atoms with Gasteiger partial charge in [-0.2, -0.15) is 0 Å². The molecule has 0 aliphatic carbocycles. The summed E-state index contributed by atoms with van der Waals surface area (Å²) < 4.78 is 0. The van der Waals surface area contributed by atoms with Gasteiger partial charge in [0, 0.05) is 11.6 Å². The average Bonchev–Trinajstić information content (AvgIpc) is 2.08. The molecule has 0 saturated heterocycles. The van der Waals surface area contributed by atoms with Crippen molar-refractivity contribution in [3.05, 3.63) is 23.8 Å². The SMILES string of the molecule is CC(c1cccc(O)c1O)N(C)C. The smallest absolute Gasteiger partial charge is 0.162 e. The predicted molar refractivity (Wildman–Crippen MR) is 51.9 cm³/mol. The van der Waals surface area contributed by atoms with E-state index in [1.807, 2.05) is 25.9 Å². The van der Waals surface area contributed by atoms with Crippen molar-refractivity contribution in [3.63, 3.8) is 0 Å². The molecule has 0 spiro atoms. The van der Waals surface area contributed by atoms with Gasteiger partial charge in [-0.3, -0.25) is 0 Å². The van der Waals surface area contributed by atoms with E-state index in [-0.39, 0.29) is 17.5 Å². The Hall–Kier alpha value is -1.22. The van der Waals surface area contributed by atoms with Gasteiger partial charge in [0.15, 0.2) is 11.5 Å². The Morgan fingerprint density at radius 2 is 1.85 bits per heavy atom. The molecule has 72 valence electrons. The fraction of sp³-hybridized carbons (Fsp3) is 0.400. The van der Waals surface area contributed by atoms with E-state index < -0.39 is 0 Å². The van der Waals surface area contributed by atoms with E-state index in [0.717, 1.165) is 5.56 Å². The zero-order chi connectivity index (χ0) is 10.0. The van der Waals surface area contributed by atoms with E-state index >= 15 is 0 Å². The molecule has 3 nitrogen and oxygen atoms in total. The van der Waals surface area contributed by atoms with E-state index in [2.05, 4.69) is 0 Å². The first-order valence-corrected chi connectivity index (χ1v) is 4.21. The predicted octanol–water partition coefficient (Wildman–Crippen LogP) is 1.72. The topological polar surface area (TPSA) is 43.7 Å². The summed E-state index contributed by atoms with van der Waals surface area (Å²) in [7, 11) is 3.85. The molecule has 1 aromatic rings. The molecule has 2 N–H and O–H groups in total. The Morgan fingerprint density at radius 1 is 1.23 bits per heavy atom. The van der Waals surface area contributed by atoms with Gasteiger partial charge in [0.2, 0.25) is 0 Å². The zero-order valence-corrected chi connectivity index (χ0v) is 8.15. The molecule has 13 heavy (non-hydrogen) atoms. The number of nitrogens with zero attached hydrogens (tertiary/aromatic N) is 1. The number of phenolic OH excluding ortho intramolecular Hbond substituents is 2. The van der Waals surface area contributed by atoms with Gasteiger partial charge >= 0.3 is 0 Å². The lowest BCUT2D eigenvalue weighted by Crippen LogP contribution is -2.16. The first kappa shape index (κ1) is 9.86. The van der Waals surface area contributed by atoms with E-state index in [9.17, 15) is 10.2 Å². The van der Waals surface area contributed by atoms with Crippen LogP contribution in [0, 0.1) is 0 Å². The zero-order valence-electron chi connectivity index (χ0n) is 8.15. The van der Waals surface area contributed by atoms with Crippen LogP contribution in [0.15, 0.2) is 18.2 Å². The van der Waals surface area contributed by atoms with Crippen molar-refractivity contribution >= 4 is 0 Å². The molecule has 0 aliphatic heterocycles. The van der Waals surface area contributed by atoms with Crippen LogP contribution in [0.25, 0.3) is 0 Å². The molecule has 1 unspecified atom stereocenters. The minimum atomic E-state index is -0.0637. The maximum atomic E-state index is 9.54. The van der Waals surface area contributed by atoms with Gasteiger partial charge in [0.1, 0.15) is 0 Å². The van der Waals surface area contributed by atoms with Gasteiger partial charge in [0.25, 0.3) is 0 Å². The molecule has 0 heterocycles. The molecule has 0 fully saturated rings. The fourth-order valence-electron chi connectivity index (χ4n) is 1.16. The van der Waals surface area contributed by atoms with Crippen LogP contribution in [-0.4, -0.2) is 29.2 Å². The Kier molecular flexibility index (Phi) is 2.78. The fourth-order valence-corrected chi connectivity index (χ4v) is 1.16. The molecule has 0 aromatic heterocycles. The third-order valence-corrected chi connectivity index (χ3v) is 2.27. The molecule has 1 atom stereocenters. The van der Waals surface area contributed by atoms with Crippen molar-refractivity contribution in [2.45, 2.75) is 13.0 Å². The molecular weight excluding hydrogens is 166 g/mol. The molecular formula is C10H15NO2. The van der Waals surface area contributed by atoms with Crippen LogP contribution >= 0.6 is 0 Å². The number of hydrogen-bond donors (Lipinski definition) is 2. The number of phenols is 2. The first-order valence-electron chi connectivity index (χ1n) is 4.21. The summed E-state index contributed by atoms with van der Waals surface area (Å²) in [6.07, 6.45) is 0. The van der Waals surface area contributed by atoms with Crippen LogP contribution in [0.1, 0.15) is 18.5 Å². The largest absolute Gasteiger partial charge is 0.504 e. The third-order valence-electron chi connectivity index (χ3n) is 2.27. The van der Waals surface area contributed by atoms with Gasteiger partial charge in [-0.1, -0.05) is 12.1 Å². The number of hydrogen-bond acceptors (Lipinski definition) is 3. The molecule has 0 aliphatic rings. The van der Waals surface area contributed by atoms with Crippen molar-refractivity contribution in [1.82, 2.24) is 4.90 Å². The van der Waals surface area contributed by atoms with Crippen molar-refractivity contribution in [1.29, 1.82) is 0 Å². The Morgan fingerprint density at radius 3 is 2.38 bits per heavy atom. The Bertz CT molecular complexity index is 297. The van der Waals surface area contributed by atoms with Gasteiger partial charge in [-0.05, 0) is 27.1 Å². The summed E-state index contributed by atoms with van der Waals surface area (Å²) in [5, 5.41) is 18.8. The maximum absolute atomic E-state index is 9.54. The van der Waals surface area contributed by atoms with Crippen molar-refractivity contribution < 1.29 is 10.2 Å². The number of benzene rings is 1. The maximum Gasteiger partial charge on any atom is 0.162 e. The van der Waals surface area contributed by atoms with Gasteiger partial charge in [-0.15, -0.1) is 0 Å². The summed E-state index contributed by atoms with van der Waals surface area (Å²) in [5.74, 6) is -0.0881. The lowest BCUT2D eigenvalue weighted by Gasteiger charge is -2.21. The highest BCUT2D eigenvalue weighted by Crippen LogP contribution is 2.33. The molecule has 0 amide bonds. The van der Waals surface area contributed by atoms with Gasteiger partial charge in [-0.25, -0.2) is 0 Å². The van der Waals surface area contributed by atoms with Gasteiger partial charge in [0.05, 0.1) is 0 Å². The highest BCUT2D eigenvalue weighted by molar-refractivity contribution is 5.45. The summed E-state index contributed by atoms with van der Waals surface area (Å²) in [4.78, 5) is 1.97. The summed E-state index contributed by atoms with van der Waals surface area (Å²) in [6.45, 7) is 1.97. The second-order valence-corrected chi connectivity index (χ2v) is 3.35. The van der Waals surface area contributed by atoms with Crippen LogP contribution in [-0.2, 0) is 0 Å². The van der Waals surface area contributed by atoms with E-state index in [1.165, 1.54) is 6.07 Å². The van der Waals surface area contributed by atoms with Crippen LogP contribution in [0.4, 0.5) is 0 Å². The standard InChI is InChI=1S/C10H15NO2/c1-7(11(2)3)8-5-4-6-9(12)10(8)13/h4-7,12-13H,1-3H3. The normalized spacial score (nSPS) is 13.2. The highest BCUT2D eigenvalue weighted by Gasteiger charge is 2.13. The van der Waals surface area contributed by atoms with Crippen molar-refractivity contribution in [2.75, 3.05) is 14.1 Å². The van der Waals surface area contributed by atoms with Crippen LogP contribution in [0.3, 0.4) is 0 Å². The Labute approximate surface area is 78.2 Å². The quantitative estimate of drug-likeness (QED) is 0.683. The van der Waals surface area contributed by atoms with Crippen molar-refractivity contribution in [3.8, 4) is 11.5 Å². The highest BCUT2D eigenvalue weighted by atomic mass is 16.3. The Balaban J connectivity index is 3.07. The minimum absolute atomic E-state index is 0.0244.